The Hall–Kier alpha value is -0.665. The number of carbonyl (C=O) groups excluding carboxylic acids is 1. The molecule has 4 atom stereocenters. The van der Waals surface area contributed by atoms with Gasteiger partial charge in [0.05, 0.1) is 6.04 Å². The van der Waals surface area contributed by atoms with E-state index in [1.807, 2.05) is 4.90 Å². The van der Waals surface area contributed by atoms with E-state index < -0.39 is 0 Å². The van der Waals surface area contributed by atoms with E-state index >= 15 is 0 Å². The maximum Gasteiger partial charge on any atom is 0.410 e. The largest absolute Gasteiger partial charge is 0.444 e. The first-order valence-corrected chi connectivity index (χ1v) is 7.89. The minimum atomic E-state index is -0.0970. The Labute approximate surface area is 118 Å². The van der Waals surface area contributed by atoms with E-state index in [-0.39, 0.29) is 18.2 Å². The first kappa shape index (κ1) is 14.7. The van der Waals surface area contributed by atoms with Crippen molar-refractivity contribution in [2.45, 2.75) is 77.4 Å². The molecule has 4 heteroatoms. The molecule has 2 aliphatic rings. The number of amides is 1. The lowest BCUT2D eigenvalue weighted by atomic mass is 9.69. The quantitative estimate of drug-likeness (QED) is 0.718. The highest BCUT2D eigenvalue weighted by molar-refractivity contribution is 6.11. The minimum absolute atomic E-state index is 0.0970. The van der Waals surface area contributed by atoms with Gasteiger partial charge in [-0.1, -0.05) is 26.1 Å². The molecular formula is C15H28BNO2. The summed E-state index contributed by atoms with van der Waals surface area (Å²) in [6.07, 6.45) is 4.66. The van der Waals surface area contributed by atoms with Crippen molar-refractivity contribution in [2.24, 2.45) is 11.8 Å². The molecule has 0 spiro atoms. The average molecular weight is 265 g/mol. The SMILES string of the molecule is BC1CC(C(C)C)CCC2C(C1)OC(=O)N2C(C)C. The zero-order chi connectivity index (χ0) is 14.2. The Morgan fingerprint density at radius 3 is 2.47 bits per heavy atom. The van der Waals surface area contributed by atoms with Gasteiger partial charge in [0.1, 0.15) is 14.0 Å². The third-order valence-corrected chi connectivity index (χ3v) is 4.92. The standard InChI is InChI=1S/C15H28BNO2/c1-9(2)11-5-6-13-14(8-12(16)7-11)19-15(18)17(13)10(3)4/h9-14H,5-8,16H2,1-4H3. The average Bonchev–Trinajstić information content (AvgIpc) is 2.57. The van der Waals surface area contributed by atoms with Crippen molar-refractivity contribution >= 4 is 13.9 Å². The number of nitrogens with zero attached hydrogens (tertiary/aromatic N) is 1. The molecule has 2 rings (SSSR count). The Balaban J connectivity index is 2.13. The zero-order valence-electron chi connectivity index (χ0n) is 13.1. The highest BCUT2D eigenvalue weighted by Crippen LogP contribution is 2.38. The fraction of sp³-hybridized carbons (Fsp3) is 0.933. The summed E-state index contributed by atoms with van der Waals surface area (Å²) in [6, 6.07) is 0.547. The van der Waals surface area contributed by atoms with Gasteiger partial charge in [0.2, 0.25) is 0 Å². The smallest absolute Gasteiger partial charge is 0.410 e. The second-order valence-electron chi connectivity index (χ2n) is 7.15. The van der Waals surface area contributed by atoms with Gasteiger partial charge in [-0.15, -0.1) is 0 Å². The van der Waals surface area contributed by atoms with Crippen molar-refractivity contribution in [3.63, 3.8) is 0 Å². The monoisotopic (exact) mass is 265 g/mol. The van der Waals surface area contributed by atoms with E-state index in [1.165, 1.54) is 12.8 Å². The van der Waals surface area contributed by atoms with E-state index in [0.29, 0.717) is 11.9 Å². The first-order chi connectivity index (χ1) is 8.90. The van der Waals surface area contributed by atoms with Crippen molar-refractivity contribution in [2.75, 3.05) is 0 Å². The van der Waals surface area contributed by atoms with Gasteiger partial charge in [-0.05, 0) is 44.9 Å². The number of carbonyl (C=O) groups is 1. The van der Waals surface area contributed by atoms with Crippen molar-refractivity contribution in [3.8, 4) is 0 Å². The molecule has 0 bridgehead atoms. The summed E-state index contributed by atoms with van der Waals surface area (Å²) in [6.45, 7) is 8.83. The second-order valence-corrected chi connectivity index (χ2v) is 7.15. The normalized spacial score (nSPS) is 36.1. The van der Waals surface area contributed by atoms with Gasteiger partial charge in [0.25, 0.3) is 0 Å². The fourth-order valence-electron chi connectivity index (χ4n) is 3.83. The van der Waals surface area contributed by atoms with Crippen LogP contribution in [0.15, 0.2) is 0 Å². The molecule has 1 saturated heterocycles. The third kappa shape index (κ3) is 3.09. The molecule has 0 aromatic carbocycles. The van der Waals surface area contributed by atoms with Crippen LogP contribution >= 0.6 is 0 Å². The first-order valence-electron chi connectivity index (χ1n) is 7.89. The lowest BCUT2D eigenvalue weighted by Crippen LogP contribution is -2.42. The Bertz CT molecular complexity index is 332. The Morgan fingerprint density at radius 1 is 1.21 bits per heavy atom. The molecular weight excluding hydrogens is 237 g/mol. The molecule has 1 saturated carbocycles. The van der Waals surface area contributed by atoms with Crippen molar-refractivity contribution < 1.29 is 9.53 Å². The van der Waals surface area contributed by atoms with Crippen LogP contribution in [0.4, 0.5) is 4.79 Å². The van der Waals surface area contributed by atoms with Crippen LogP contribution in [-0.4, -0.2) is 37.0 Å². The molecule has 108 valence electrons. The molecule has 0 aromatic rings. The van der Waals surface area contributed by atoms with Crippen LogP contribution in [0.2, 0.25) is 5.82 Å². The summed E-state index contributed by atoms with van der Waals surface area (Å²) < 4.78 is 5.63. The van der Waals surface area contributed by atoms with Crippen LogP contribution in [0, 0.1) is 11.8 Å². The molecule has 0 aromatic heterocycles. The molecule has 1 amide bonds. The number of hydrogen-bond acceptors (Lipinski definition) is 2. The summed E-state index contributed by atoms with van der Waals surface area (Å²) >= 11 is 0. The van der Waals surface area contributed by atoms with Crippen molar-refractivity contribution in [1.82, 2.24) is 4.90 Å². The molecule has 1 aliphatic heterocycles. The maximum atomic E-state index is 12.0. The lowest BCUT2D eigenvalue weighted by Gasteiger charge is -2.34. The van der Waals surface area contributed by atoms with Gasteiger partial charge in [-0.25, -0.2) is 4.79 Å². The van der Waals surface area contributed by atoms with E-state index in [1.54, 1.807) is 0 Å². The molecule has 4 unspecified atom stereocenters. The van der Waals surface area contributed by atoms with Crippen molar-refractivity contribution in [1.29, 1.82) is 0 Å². The fourth-order valence-corrected chi connectivity index (χ4v) is 3.83. The Kier molecular flexibility index (Phi) is 4.47. The van der Waals surface area contributed by atoms with Crippen LogP contribution in [0.3, 0.4) is 0 Å². The summed E-state index contributed by atoms with van der Waals surface area (Å²) in [4.78, 5) is 14.0. The highest BCUT2D eigenvalue weighted by Gasteiger charge is 2.44. The van der Waals surface area contributed by atoms with Crippen LogP contribution in [0.5, 0.6) is 0 Å². The summed E-state index contributed by atoms with van der Waals surface area (Å²) in [5.41, 5.74) is 0. The topological polar surface area (TPSA) is 29.5 Å². The Morgan fingerprint density at radius 2 is 1.89 bits per heavy atom. The number of rotatable bonds is 2. The van der Waals surface area contributed by atoms with Crippen LogP contribution in [-0.2, 0) is 4.74 Å². The van der Waals surface area contributed by atoms with Gasteiger partial charge < -0.3 is 4.74 Å². The molecule has 2 fully saturated rings. The second kappa shape index (κ2) is 5.76. The third-order valence-electron chi connectivity index (χ3n) is 4.92. The number of ether oxygens (including phenoxy) is 1. The lowest BCUT2D eigenvalue weighted by molar-refractivity contribution is 0.113. The zero-order valence-corrected chi connectivity index (χ0v) is 13.1. The number of hydrogen-bond donors (Lipinski definition) is 0. The van der Waals surface area contributed by atoms with Crippen LogP contribution in [0.1, 0.15) is 53.4 Å². The minimum Gasteiger partial charge on any atom is -0.444 e. The molecule has 0 N–H and O–H groups in total. The van der Waals surface area contributed by atoms with Gasteiger partial charge in [0, 0.05) is 6.04 Å². The van der Waals surface area contributed by atoms with E-state index in [2.05, 4.69) is 35.5 Å². The molecule has 1 aliphatic carbocycles. The molecule has 19 heavy (non-hydrogen) atoms. The van der Waals surface area contributed by atoms with E-state index in [4.69, 9.17) is 4.74 Å². The van der Waals surface area contributed by atoms with E-state index in [9.17, 15) is 4.79 Å². The predicted molar refractivity (Wildman–Crippen MR) is 80.1 cm³/mol. The maximum absolute atomic E-state index is 12.0. The summed E-state index contributed by atoms with van der Waals surface area (Å²) in [5, 5.41) is 0. The van der Waals surface area contributed by atoms with Gasteiger partial charge in [-0.2, -0.15) is 0 Å². The molecule has 3 nitrogen and oxygen atoms in total. The molecule has 0 radical (unpaired) electrons. The van der Waals surface area contributed by atoms with Crippen LogP contribution in [0.25, 0.3) is 0 Å². The molecule has 1 heterocycles. The predicted octanol–water partition coefficient (Wildman–Crippen LogP) is 2.85. The van der Waals surface area contributed by atoms with Gasteiger partial charge in [-0.3, -0.25) is 4.90 Å². The van der Waals surface area contributed by atoms with Gasteiger partial charge >= 0.3 is 6.09 Å². The van der Waals surface area contributed by atoms with Crippen LogP contribution < -0.4 is 0 Å². The van der Waals surface area contributed by atoms with Gasteiger partial charge in [0.15, 0.2) is 0 Å². The highest BCUT2D eigenvalue weighted by atomic mass is 16.6. The van der Waals surface area contributed by atoms with E-state index in [0.717, 1.165) is 24.7 Å². The number of fused-ring (bicyclic) bond motifs is 1. The summed E-state index contributed by atoms with van der Waals surface area (Å²) in [5.74, 6) is 2.19. The van der Waals surface area contributed by atoms with Crippen molar-refractivity contribution in [3.05, 3.63) is 0 Å². The summed E-state index contributed by atoms with van der Waals surface area (Å²) in [7, 11) is 2.31.